The zero-order valence-electron chi connectivity index (χ0n) is 17.1. The van der Waals surface area contributed by atoms with E-state index in [9.17, 15) is 9.59 Å². The van der Waals surface area contributed by atoms with E-state index in [1.54, 1.807) is 48.5 Å². The van der Waals surface area contributed by atoms with Crippen molar-refractivity contribution in [1.29, 1.82) is 0 Å². The van der Waals surface area contributed by atoms with Gasteiger partial charge in [0, 0.05) is 22.9 Å². The van der Waals surface area contributed by atoms with Crippen molar-refractivity contribution in [3.63, 3.8) is 0 Å². The van der Waals surface area contributed by atoms with E-state index in [4.69, 9.17) is 17.0 Å². The van der Waals surface area contributed by atoms with Crippen molar-refractivity contribution >= 4 is 34.8 Å². The zero-order chi connectivity index (χ0) is 21.4. The van der Waals surface area contributed by atoms with E-state index in [1.807, 2.05) is 13.8 Å². The van der Waals surface area contributed by atoms with Crippen LogP contribution in [0.2, 0.25) is 0 Å². The minimum atomic E-state index is -0.327. The Kier molecular flexibility index (Phi) is 8.15. The standard InChI is InChI=1S/C22H27N3O3S/c1-14(2)13-28-19-10-8-16(9-11-19)20(26)25-22(29)24-18-7-5-6-17(12-18)21(27)23-15(3)4/h5-12,14-15H,13H2,1-4H3,(H,23,27)(H2,24,25,26,29). The third kappa shape index (κ3) is 7.54. The first kappa shape index (κ1) is 22.4. The van der Waals surface area contributed by atoms with Crippen LogP contribution in [0.15, 0.2) is 48.5 Å². The van der Waals surface area contributed by atoms with E-state index in [0.29, 0.717) is 35.1 Å². The Balaban J connectivity index is 1.93. The van der Waals surface area contributed by atoms with Crippen LogP contribution in [-0.2, 0) is 0 Å². The van der Waals surface area contributed by atoms with Crippen LogP contribution < -0.4 is 20.7 Å². The van der Waals surface area contributed by atoms with Gasteiger partial charge in [0.25, 0.3) is 11.8 Å². The summed E-state index contributed by atoms with van der Waals surface area (Å²) in [4.78, 5) is 24.5. The SMILES string of the molecule is CC(C)COc1ccc(C(=O)NC(=S)Nc2cccc(C(=O)NC(C)C)c2)cc1. The molecule has 0 radical (unpaired) electrons. The molecule has 0 aliphatic rings. The first-order chi connectivity index (χ1) is 13.7. The highest BCUT2D eigenvalue weighted by Gasteiger charge is 2.11. The molecule has 0 spiro atoms. The molecule has 0 aromatic heterocycles. The van der Waals surface area contributed by atoms with Crippen LogP contribution in [-0.4, -0.2) is 29.6 Å². The molecule has 0 saturated carbocycles. The summed E-state index contributed by atoms with van der Waals surface area (Å²) in [6.45, 7) is 8.56. The van der Waals surface area contributed by atoms with Gasteiger partial charge in [-0.1, -0.05) is 19.9 Å². The Morgan fingerprint density at radius 3 is 2.28 bits per heavy atom. The molecule has 29 heavy (non-hydrogen) atoms. The molecule has 2 aromatic rings. The molecule has 0 fully saturated rings. The summed E-state index contributed by atoms with van der Waals surface area (Å²) in [5.41, 5.74) is 1.59. The highest BCUT2D eigenvalue weighted by Crippen LogP contribution is 2.14. The average Bonchev–Trinajstić information content (AvgIpc) is 2.66. The number of amides is 2. The molecule has 0 unspecified atom stereocenters. The second-order valence-corrected chi connectivity index (χ2v) is 7.75. The summed E-state index contributed by atoms with van der Waals surface area (Å²) >= 11 is 5.22. The lowest BCUT2D eigenvalue weighted by Crippen LogP contribution is -2.34. The molecule has 3 N–H and O–H groups in total. The van der Waals surface area contributed by atoms with Crippen LogP contribution in [0.5, 0.6) is 5.75 Å². The van der Waals surface area contributed by atoms with Crippen LogP contribution in [0.4, 0.5) is 5.69 Å². The normalized spacial score (nSPS) is 10.6. The number of hydrogen-bond donors (Lipinski definition) is 3. The second-order valence-electron chi connectivity index (χ2n) is 7.35. The third-order valence-electron chi connectivity index (χ3n) is 3.73. The largest absolute Gasteiger partial charge is 0.493 e. The summed E-state index contributed by atoms with van der Waals surface area (Å²) in [5, 5.41) is 8.55. The first-order valence-corrected chi connectivity index (χ1v) is 9.91. The Morgan fingerprint density at radius 2 is 1.66 bits per heavy atom. The topological polar surface area (TPSA) is 79.5 Å². The summed E-state index contributed by atoms with van der Waals surface area (Å²) in [6, 6.07) is 13.8. The summed E-state index contributed by atoms with van der Waals surface area (Å²) < 4.78 is 5.61. The molecule has 154 valence electrons. The van der Waals surface area contributed by atoms with Crippen molar-refractivity contribution in [3.8, 4) is 5.75 Å². The molecule has 0 saturated heterocycles. The number of anilines is 1. The number of ether oxygens (including phenoxy) is 1. The third-order valence-corrected chi connectivity index (χ3v) is 3.93. The van der Waals surface area contributed by atoms with Crippen molar-refractivity contribution in [2.24, 2.45) is 5.92 Å². The van der Waals surface area contributed by atoms with Gasteiger partial charge in [-0.3, -0.25) is 14.9 Å². The Morgan fingerprint density at radius 1 is 0.966 bits per heavy atom. The summed E-state index contributed by atoms with van der Waals surface area (Å²) in [6.07, 6.45) is 0. The van der Waals surface area contributed by atoms with E-state index in [-0.39, 0.29) is 23.0 Å². The number of thiocarbonyl (C=S) groups is 1. The molecule has 0 heterocycles. The molecule has 0 bridgehead atoms. The molecular formula is C22H27N3O3S. The number of benzene rings is 2. The quantitative estimate of drug-likeness (QED) is 0.598. The lowest BCUT2D eigenvalue weighted by Gasteiger charge is -2.12. The summed E-state index contributed by atoms with van der Waals surface area (Å²) in [5.74, 6) is 0.647. The minimum Gasteiger partial charge on any atom is -0.493 e. The molecule has 0 atom stereocenters. The van der Waals surface area contributed by atoms with Crippen LogP contribution in [0, 0.1) is 5.92 Å². The molecular weight excluding hydrogens is 386 g/mol. The minimum absolute atomic E-state index is 0.0432. The van der Waals surface area contributed by atoms with E-state index < -0.39 is 0 Å². The van der Waals surface area contributed by atoms with Gasteiger partial charge in [0.15, 0.2) is 5.11 Å². The van der Waals surface area contributed by atoms with Crippen LogP contribution in [0.3, 0.4) is 0 Å². The molecule has 0 aliphatic heterocycles. The van der Waals surface area contributed by atoms with Gasteiger partial charge in [-0.25, -0.2) is 0 Å². The fourth-order valence-corrected chi connectivity index (χ4v) is 2.60. The number of carbonyl (C=O) groups is 2. The predicted octanol–water partition coefficient (Wildman–Crippen LogP) is 3.99. The van der Waals surface area contributed by atoms with Gasteiger partial charge < -0.3 is 15.4 Å². The highest BCUT2D eigenvalue weighted by atomic mass is 32.1. The molecule has 6 nitrogen and oxygen atoms in total. The fraction of sp³-hybridized carbons (Fsp3) is 0.318. The van der Waals surface area contributed by atoms with Gasteiger partial charge in [0.1, 0.15) is 5.75 Å². The fourth-order valence-electron chi connectivity index (χ4n) is 2.39. The number of hydrogen-bond acceptors (Lipinski definition) is 4. The van der Waals surface area contributed by atoms with Crippen molar-refractivity contribution < 1.29 is 14.3 Å². The van der Waals surface area contributed by atoms with Crippen LogP contribution in [0.1, 0.15) is 48.4 Å². The van der Waals surface area contributed by atoms with Gasteiger partial charge in [0.05, 0.1) is 6.61 Å². The van der Waals surface area contributed by atoms with Crippen molar-refractivity contribution in [2.75, 3.05) is 11.9 Å². The molecule has 2 amide bonds. The van der Waals surface area contributed by atoms with Gasteiger partial charge >= 0.3 is 0 Å². The predicted molar refractivity (Wildman–Crippen MR) is 120 cm³/mol. The van der Waals surface area contributed by atoms with Crippen molar-refractivity contribution in [3.05, 3.63) is 59.7 Å². The second kappa shape index (κ2) is 10.6. The highest BCUT2D eigenvalue weighted by molar-refractivity contribution is 7.80. The summed E-state index contributed by atoms with van der Waals surface area (Å²) in [7, 11) is 0. The maximum Gasteiger partial charge on any atom is 0.257 e. The number of rotatable bonds is 7. The van der Waals surface area contributed by atoms with E-state index >= 15 is 0 Å². The smallest absolute Gasteiger partial charge is 0.257 e. The van der Waals surface area contributed by atoms with Crippen molar-refractivity contribution in [1.82, 2.24) is 10.6 Å². The van der Waals surface area contributed by atoms with E-state index in [0.717, 1.165) is 0 Å². The number of nitrogens with one attached hydrogen (secondary N) is 3. The molecule has 7 heteroatoms. The zero-order valence-corrected chi connectivity index (χ0v) is 17.9. The monoisotopic (exact) mass is 413 g/mol. The van der Waals surface area contributed by atoms with Gasteiger partial charge in [-0.2, -0.15) is 0 Å². The van der Waals surface area contributed by atoms with Crippen molar-refractivity contribution in [2.45, 2.75) is 33.7 Å². The maximum absolute atomic E-state index is 12.4. The van der Waals surface area contributed by atoms with Gasteiger partial charge in [0.2, 0.25) is 0 Å². The van der Waals surface area contributed by atoms with Gasteiger partial charge in [-0.15, -0.1) is 0 Å². The van der Waals surface area contributed by atoms with Crippen LogP contribution >= 0.6 is 12.2 Å². The Labute approximate surface area is 177 Å². The Bertz CT molecular complexity index is 864. The first-order valence-electron chi connectivity index (χ1n) is 9.50. The van der Waals surface area contributed by atoms with E-state index in [1.165, 1.54) is 0 Å². The lowest BCUT2D eigenvalue weighted by atomic mass is 10.2. The Hall–Kier alpha value is -2.93. The molecule has 0 aliphatic carbocycles. The van der Waals surface area contributed by atoms with Crippen LogP contribution in [0.25, 0.3) is 0 Å². The van der Waals surface area contributed by atoms with Gasteiger partial charge in [-0.05, 0) is 74.4 Å². The average molecular weight is 414 g/mol. The molecule has 2 aromatic carbocycles. The number of carbonyl (C=O) groups excluding carboxylic acids is 2. The lowest BCUT2D eigenvalue weighted by molar-refractivity contribution is 0.0941. The molecule has 2 rings (SSSR count). The maximum atomic E-state index is 12.4. The van der Waals surface area contributed by atoms with E-state index in [2.05, 4.69) is 29.8 Å².